The molecule has 0 spiro atoms. The average molecular weight is 258 g/mol. The van der Waals surface area contributed by atoms with E-state index in [9.17, 15) is 0 Å². The Labute approximate surface area is 113 Å². The topological polar surface area (TPSA) is 12.0 Å². The molecule has 0 aliphatic heterocycles. The van der Waals surface area contributed by atoms with Crippen molar-refractivity contribution >= 4 is 17.3 Å². The number of anilines is 1. The molecule has 2 aromatic rings. The molecule has 0 saturated heterocycles. The van der Waals surface area contributed by atoms with Crippen LogP contribution in [0.3, 0.4) is 0 Å². The van der Waals surface area contributed by atoms with Crippen LogP contribution in [0.5, 0.6) is 0 Å². The Morgan fingerprint density at radius 2 is 1.72 bits per heavy atom. The van der Waals surface area contributed by atoms with Crippen LogP contribution in [0.15, 0.2) is 48.5 Å². The number of rotatable bonds is 4. The zero-order valence-electron chi connectivity index (χ0n) is 10.2. The maximum atomic E-state index is 6.10. The van der Waals surface area contributed by atoms with Crippen LogP contribution in [0.2, 0.25) is 5.02 Å². The summed E-state index contributed by atoms with van der Waals surface area (Å²) in [6, 6.07) is 16.8. The van der Waals surface area contributed by atoms with Gasteiger partial charge in [0.15, 0.2) is 0 Å². The molecule has 0 radical (unpaired) electrons. The summed E-state index contributed by atoms with van der Waals surface area (Å²) in [7, 11) is 0. The summed E-state index contributed by atoms with van der Waals surface area (Å²) >= 11 is 6.10. The summed E-state index contributed by atoms with van der Waals surface area (Å²) in [6.07, 6.45) is 2.72. The Kier molecular flexibility index (Phi) is 3.24. The lowest BCUT2D eigenvalue weighted by Crippen LogP contribution is -1.99. The number of halogens is 1. The lowest BCUT2D eigenvalue weighted by atomic mass is 10.1. The molecule has 1 N–H and O–H groups in total. The molecular formula is C16H16ClN. The molecule has 0 amide bonds. The molecule has 1 aliphatic carbocycles. The van der Waals surface area contributed by atoms with Crippen LogP contribution >= 0.6 is 11.6 Å². The van der Waals surface area contributed by atoms with E-state index in [1.54, 1.807) is 0 Å². The van der Waals surface area contributed by atoms with Gasteiger partial charge in [-0.1, -0.05) is 48.0 Å². The lowest BCUT2D eigenvalue weighted by Gasteiger charge is -2.08. The van der Waals surface area contributed by atoms with Gasteiger partial charge in [-0.05, 0) is 42.0 Å². The molecule has 1 saturated carbocycles. The van der Waals surface area contributed by atoms with Crippen molar-refractivity contribution in [3.8, 4) is 0 Å². The van der Waals surface area contributed by atoms with Crippen molar-refractivity contribution in [2.45, 2.75) is 25.3 Å². The molecular weight excluding hydrogens is 242 g/mol. The van der Waals surface area contributed by atoms with Crippen LogP contribution in [0.4, 0.5) is 5.69 Å². The second-order valence-corrected chi connectivity index (χ2v) is 5.26. The third-order valence-corrected chi connectivity index (χ3v) is 3.71. The molecule has 0 bridgehead atoms. The average Bonchev–Trinajstić information content (AvgIpc) is 3.23. The second-order valence-electron chi connectivity index (χ2n) is 4.85. The van der Waals surface area contributed by atoms with Crippen LogP contribution < -0.4 is 5.32 Å². The largest absolute Gasteiger partial charge is 0.380 e. The van der Waals surface area contributed by atoms with E-state index in [4.69, 9.17) is 11.6 Å². The van der Waals surface area contributed by atoms with E-state index in [1.165, 1.54) is 24.0 Å². The zero-order valence-corrected chi connectivity index (χ0v) is 11.0. The summed E-state index contributed by atoms with van der Waals surface area (Å²) in [6.45, 7) is 0.814. The minimum atomic E-state index is 0.770. The number of benzene rings is 2. The van der Waals surface area contributed by atoms with E-state index in [2.05, 4.69) is 29.6 Å². The summed E-state index contributed by atoms with van der Waals surface area (Å²) in [4.78, 5) is 0. The Bertz CT molecular complexity index is 529. The van der Waals surface area contributed by atoms with E-state index in [-0.39, 0.29) is 0 Å². The first-order chi connectivity index (χ1) is 8.83. The molecule has 0 atom stereocenters. The van der Waals surface area contributed by atoms with E-state index in [0.29, 0.717) is 0 Å². The van der Waals surface area contributed by atoms with Gasteiger partial charge in [0.2, 0.25) is 0 Å². The minimum absolute atomic E-state index is 0.770. The third-order valence-electron chi connectivity index (χ3n) is 3.39. The molecule has 0 aromatic heterocycles. The molecule has 0 unspecified atom stereocenters. The first-order valence-corrected chi connectivity index (χ1v) is 6.78. The van der Waals surface area contributed by atoms with Gasteiger partial charge in [-0.2, -0.15) is 0 Å². The van der Waals surface area contributed by atoms with Crippen molar-refractivity contribution in [2.75, 3.05) is 5.32 Å². The Morgan fingerprint density at radius 1 is 1.00 bits per heavy atom. The van der Waals surface area contributed by atoms with Crippen molar-refractivity contribution in [1.29, 1.82) is 0 Å². The number of hydrogen-bond donors (Lipinski definition) is 1. The van der Waals surface area contributed by atoms with E-state index < -0.39 is 0 Å². The van der Waals surface area contributed by atoms with E-state index in [1.807, 2.05) is 24.3 Å². The quantitative estimate of drug-likeness (QED) is 0.827. The van der Waals surface area contributed by atoms with E-state index in [0.717, 1.165) is 23.2 Å². The second kappa shape index (κ2) is 5.03. The predicted octanol–water partition coefficient (Wildman–Crippen LogP) is 4.83. The van der Waals surface area contributed by atoms with Crippen LogP contribution in [0.1, 0.15) is 29.9 Å². The fourth-order valence-electron chi connectivity index (χ4n) is 2.13. The molecule has 1 aliphatic rings. The lowest BCUT2D eigenvalue weighted by molar-refractivity contribution is 1.10. The van der Waals surface area contributed by atoms with Crippen molar-refractivity contribution in [2.24, 2.45) is 0 Å². The van der Waals surface area contributed by atoms with Crippen molar-refractivity contribution < 1.29 is 0 Å². The third kappa shape index (κ3) is 2.68. The molecule has 0 heterocycles. The minimum Gasteiger partial charge on any atom is -0.380 e. The van der Waals surface area contributed by atoms with Crippen molar-refractivity contribution in [1.82, 2.24) is 0 Å². The highest BCUT2D eigenvalue weighted by molar-refractivity contribution is 6.33. The van der Waals surface area contributed by atoms with Crippen LogP contribution in [0.25, 0.3) is 0 Å². The SMILES string of the molecule is Clc1ccccc1NCc1ccc(C2CC2)cc1. The highest BCUT2D eigenvalue weighted by Gasteiger charge is 2.22. The summed E-state index contributed by atoms with van der Waals surface area (Å²) in [5.41, 5.74) is 3.77. The standard InChI is InChI=1S/C16H16ClN/c17-15-3-1-2-4-16(15)18-11-12-5-7-13(8-6-12)14-9-10-14/h1-8,14,18H,9-11H2. The first kappa shape index (κ1) is 11.6. The monoisotopic (exact) mass is 257 g/mol. The number of para-hydroxylation sites is 1. The molecule has 92 valence electrons. The summed E-state index contributed by atoms with van der Waals surface area (Å²) < 4.78 is 0. The number of hydrogen-bond acceptors (Lipinski definition) is 1. The van der Waals surface area contributed by atoms with Gasteiger partial charge in [0, 0.05) is 6.54 Å². The molecule has 1 fully saturated rings. The molecule has 2 heteroatoms. The summed E-state index contributed by atoms with van der Waals surface area (Å²) in [5, 5.41) is 4.13. The van der Waals surface area contributed by atoms with Gasteiger partial charge in [-0.15, -0.1) is 0 Å². The maximum Gasteiger partial charge on any atom is 0.0637 e. The Hall–Kier alpha value is -1.47. The Balaban J connectivity index is 1.64. The summed E-state index contributed by atoms with van der Waals surface area (Å²) in [5.74, 6) is 0.829. The van der Waals surface area contributed by atoms with Crippen molar-refractivity contribution in [3.63, 3.8) is 0 Å². The van der Waals surface area contributed by atoms with Gasteiger partial charge in [0.1, 0.15) is 0 Å². The molecule has 2 aromatic carbocycles. The van der Waals surface area contributed by atoms with Gasteiger partial charge in [-0.3, -0.25) is 0 Å². The van der Waals surface area contributed by atoms with Crippen LogP contribution in [-0.2, 0) is 6.54 Å². The van der Waals surface area contributed by atoms with Crippen molar-refractivity contribution in [3.05, 3.63) is 64.7 Å². The van der Waals surface area contributed by atoms with Gasteiger partial charge in [0.05, 0.1) is 10.7 Å². The predicted molar refractivity (Wildman–Crippen MR) is 77.2 cm³/mol. The van der Waals surface area contributed by atoms with Gasteiger partial charge in [0.25, 0.3) is 0 Å². The fourth-order valence-corrected chi connectivity index (χ4v) is 2.33. The molecule has 3 rings (SSSR count). The van der Waals surface area contributed by atoms with Crippen LogP contribution in [-0.4, -0.2) is 0 Å². The first-order valence-electron chi connectivity index (χ1n) is 6.40. The highest BCUT2D eigenvalue weighted by Crippen LogP contribution is 2.39. The maximum absolute atomic E-state index is 6.10. The Morgan fingerprint density at radius 3 is 2.39 bits per heavy atom. The highest BCUT2D eigenvalue weighted by atomic mass is 35.5. The van der Waals surface area contributed by atoms with E-state index >= 15 is 0 Å². The zero-order chi connectivity index (χ0) is 12.4. The molecule has 1 nitrogen and oxygen atoms in total. The molecule has 18 heavy (non-hydrogen) atoms. The van der Waals surface area contributed by atoms with Gasteiger partial charge < -0.3 is 5.32 Å². The van der Waals surface area contributed by atoms with Crippen LogP contribution in [0, 0.1) is 0 Å². The number of nitrogens with one attached hydrogen (secondary N) is 1. The fraction of sp³-hybridized carbons (Fsp3) is 0.250. The smallest absolute Gasteiger partial charge is 0.0637 e. The van der Waals surface area contributed by atoms with Gasteiger partial charge >= 0.3 is 0 Å². The normalized spacial score (nSPS) is 14.5. The van der Waals surface area contributed by atoms with Gasteiger partial charge in [-0.25, -0.2) is 0 Å².